The van der Waals surface area contributed by atoms with Crippen molar-refractivity contribution in [3.05, 3.63) is 47.5 Å². The number of hydrogen-bond acceptors (Lipinski definition) is 4. The van der Waals surface area contributed by atoms with Gasteiger partial charge in [0.25, 0.3) is 5.91 Å². The summed E-state index contributed by atoms with van der Waals surface area (Å²) in [7, 11) is 0. The van der Waals surface area contributed by atoms with Gasteiger partial charge in [-0.15, -0.1) is 0 Å². The minimum atomic E-state index is -0.837. The number of benzene rings is 1. The Balaban J connectivity index is 1.69. The number of carboxylic acids is 1. The lowest BCUT2D eigenvalue weighted by molar-refractivity contribution is -0.139. The number of likely N-dealkylation sites (N-methyl/N-ethyl adjacent to an activating group) is 1. The number of carboxylic acid groups (broad SMARTS) is 1. The summed E-state index contributed by atoms with van der Waals surface area (Å²) in [6.07, 6.45) is 2.94. The molecule has 1 aromatic carbocycles. The van der Waals surface area contributed by atoms with Gasteiger partial charge in [0.2, 0.25) is 0 Å². The summed E-state index contributed by atoms with van der Waals surface area (Å²) in [4.78, 5) is 27.7. The average molecular weight is 388 g/mol. The largest absolute Gasteiger partial charge is 0.480 e. The number of likely N-dealkylation sites (tertiary alicyclic amines) is 1. The first kappa shape index (κ1) is 20.0. The number of hydrogen-bond donors (Lipinski definition) is 1. The highest BCUT2D eigenvalue weighted by Gasteiger charge is 2.29. The first-order chi connectivity index (χ1) is 13.4. The van der Waals surface area contributed by atoms with Crippen molar-refractivity contribution in [3.63, 3.8) is 0 Å². The average Bonchev–Trinajstić information content (AvgIpc) is 3.07. The van der Waals surface area contributed by atoms with E-state index in [1.165, 1.54) is 16.9 Å². The van der Waals surface area contributed by atoms with Gasteiger partial charge in [-0.25, -0.2) is 9.07 Å². The molecule has 0 atom stereocenters. The van der Waals surface area contributed by atoms with Gasteiger partial charge in [0.15, 0.2) is 0 Å². The molecule has 1 amide bonds. The molecule has 0 aliphatic carbocycles. The van der Waals surface area contributed by atoms with Gasteiger partial charge in [-0.3, -0.25) is 14.5 Å². The Morgan fingerprint density at radius 3 is 2.57 bits per heavy atom. The van der Waals surface area contributed by atoms with E-state index in [0.717, 1.165) is 12.8 Å². The predicted molar refractivity (Wildman–Crippen MR) is 102 cm³/mol. The van der Waals surface area contributed by atoms with Crippen LogP contribution in [0.25, 0.3) is 5.69 Å². The third-order valence-corrected chi connectivity index (χ3v) is 5.33. The Kier molecular flexibility index (Phi) is 6.08. The molecule has 8 heteroatoms. The van der Waals surface area contributed by atoms with E-state index in [1.807, 2.05) is 11.8 Å². The molecular weight excluding hydrogens is 363 g/mol. The monoisotopic (exact) mass is 388 g/mol. The number of rotatable bonds is 6. The SMILES string of the molecule is CCN(CC(=O)O)C1CCN(C(=O)c2cnn(-c3ccccc3F)c2C)CC1. The van der Waals surface area contributed by atoms with Gasteiger partial charge in [-0.2, -0.15) is 5.10 Å². The van der Waals surface area contributed by atoms with Crippen molar-refractivity contribution >= 4 is 11.9 Å². The molecule has 1 aliphatic rings. The van der Waals surface area contributed by atoms with Gasteiger partial charge < -0.3 is 10.0 Å². The molecule has 1 N–H and O–H groups in total. The molecule has 1 saturated heterocycles. The number of carbonyl (C=O) groups is 2. The van der Waals surface area contributed by atoms with Gasteiger partial charge in [0.1, 0.15) is 11.5 Å². The van der Waals surface area contributed by atoms with Crippen LogP contribution in [0.4, 0.5) is 4.39 Å². The third-order valence-electron chi connectivity index (χ3n) is 5.33. The van der Waals surface area contributed by atoms with Crippen LogP contribution >= 0.6 is 0 Å². The normalized spacial score (nSPS) is 15.2. The molecule has 0 unspecified atom stereocenters. The zero-order valence-corrected chi connectivity index (χ0v) is 16.1. The van der Waals surface area contributed by atoms with Gasteiger partial charge >= 0.3 is 5.97 Å². The summed E-state index contributed by atoms with van der Waals surface area (Å²) in [5.74, 6) is -1.36. The fourth-order valence-electron chi connectivity index (χ4n) is 3.76. The summed E-state index contributed by atoms with van der Waals surface area (Å²) >= 11 is 0. The van der Waals surface area contributed by atoms with Crippen molar-refractivity contribution in [2.24, 2.45) is 0 Å². The third kappa shape index (κ3) is 4.06. The van der Waals surface area contributed by atoms with Crippen LogP contribution in [0.5, 0.6) is 0 Å². The van der Waals surface area contributed by atoms with E-state index in [2.05, 4.69) is 5.10 Å². The maximum absolute atomic E-state index is 14.1. The van der Waals surface area contributed by atoms with Crippen molar-refractivity contribution in [1.82, 2.24) is 19.6 Å². The van der Waals surface area contributed by atoms with Crippen molar-refractivity contribution in [2.45, 2.75) is 32.7 Å². The topological polar surface area (TPSA) is 78.7 Å². The Hall–Kier alpha value is -2.74. The molecule has 0 bridgehead atoms. The molecule has 2 heterocycles. The Labute approximate surface area is 163 Å². The molecule has 0 radical (unpaired) electrons. The highest BCUT2D eigenvalue weighted by molar-refractivity contribution is 5.95. The molecule has 0 saturated carbocycles. The summed E-state index contributed by atoms with van der Waals surface area (Å²) in [5, 5.41) is 13.2. The van der Waals surface area contributed by atoms with E-state index in [4.69, 9.17) is 5.11 Å². The second kappa shape index (κ2) is 8.52. The summed E-state index contributed by atoms with van der Waals surface area (Å²) in [6.45, 7) is 5.50. The molecule has 7 nitrogen and oxygen atoms in total. The molecule has 1 fully saturated rings. The quantitative estimate of drug-likeness (QED) is 0.822. The number of aliphatic carboxylic acids is 1. The van der Waals surface area contributed by atoms with Crippen molar-refractivity contribution < 1.29 is 19.1 Å². The number of nitrogens with zero attached hydrogens (tertiary/aromatic N) is 4. The molecular formula is C20H25FN4O3. The number of halogens is 1. The van der Waals surface area contributed by atoms with Gasteiger partial charge in [0.05, 0.1) is 24.0 Å². The summed E-state index contributed by atoms with van der Waals surface area (Å²) in [5.41, 5.74) is 1.36. The first-order valence-electron chi connectivity index (χ1n) is 9.47. The fourth-order valence-corrected chi connectivity index (χ4v) is 3.76. The number of carbonyl (C=O) groups excluding carboxylic acids is 1. The van der Waals surface area contributed by atoms with Gasteiger partial charge in [-0.05, 0) is 38.4 Å². The molecule has 2 aromatic rings. The zero-order chi connectivity index (χ0) is 20.3. The van der Waals surface area contributed by atoms with E-state index in [1.54, 1.807) is 30.0 Å². The van der Waals surface area contributed by atoms with Crippen LogP contribution in [0.3, 0.4) is 0 Å². The van der Waals surface area contributed by atoms with Crippen molar-refractivity contribution in [2.75, 3.05) is 26.2 Å². The van der Waals surface area contributed by atoms with Crippen LogP contribution in [0.15, 0.2) is 30.5 Å². The van der Waals surface area contributed by atoms with Crippen LogP contribution in [-0.2, 0) is 4.79 Å². The Morgan fingerprint density at radius 2 is 1.96 bits per heavy atom. The Morgan fingerprint density at radius 1 is 1.29 bits per heavy atom. The smallest absolute Gasteiger partial charge is 0.317 e. The van der Waals surface area contributed by atoms with Crippen LogP contribution in [0, 0.1) is 12.7 Å². The highest BCUT2D eigenvalue weighted by Crippen LogP contribution is 2.22. The predicted octanol–water partition coefficient (Wildman–Crippen LogP) is 2.33. The second-order valence-electron chi connectivity index (χ2n) is 6.99. The lowest BCUT2D eigenvalue weighted by atomic mass is 10.0. The maximum Gasteiger partial charge on any atom is 0.317 e. The number of amides is 1. The minimum absolute atomic E-state index is 0.0175. The zero-order valence-electron chi connectivity index (χ0n) is 16.1. The minimum Gasteiger partial charge on any atom is -0.480 e. The lowest BCUT2D eigenvalue weighted by Crippen LogP contribution is -2.48. The number of piperidine rings is 1. The van der Waals surface area contributed by atoms with Gasteiger partial charge in [0, 0.05) is 19.1 Å². The molecule has 0 spiro atoms. The molecule has 3 rings (SSSR count). The molecule has 150 valence electrons. The summed E-state index contributed by atoms with van der Waals surface area (Å²) < 4.78 is 15.5. The molecule has 1 aliphatic heterocycles. The maximum atomic E-state index is 14.1. The molecule has 1 aromatic heterocycles. The van der Waals surface area contributed by atoms with E-state index in [9.17, 15) is 14.0 Å². The number of para-hydroxylation sites is 1. The Bertz CT molecular complexity index is 859. The van der Waals surface area contributed by atoms with Crippen LogP contribution in [0.2, 0.25) is 0 Å². The molecule has 28 heavy (non-hydrogen) atoms. The van der Waals surface area contributed by atoms with Crippen LogP contribution < -0.4 is 0 Å². The van der Waals surface area contributed by atoms with E-state index >= 15 is 0 Å². The van der Waals surface area contributed by atoms with Crippen molar-refractivity contribution in [3.8, 4) is 5.69 Å². The summed E-state index contributed by atoms with van der Waals surface area (Å²) in [6, 6.07) is 6.48. The highest BCUT2D eigenvalue weighted by atomic mass is 19.1. The van der Waals surface area contributed by atoms with E-state index < -0.39 is 11.8 Å². The van der Waals surface area contributed by atoms with Crippen molar-refractivity contribution in [1.29, 1.82) is 0 Å². The fraction of sp³-hybridized carbons (Fsp3) is 0.450. The van der Waals surface area contributed by atoms with Gasteiger partial charge in [-0.1, -0.05) is 19.1 Å². The van der Waals surface area contributed by atoms with Crippen LogP contribution in [-0.4, -0.2) is 68.8 Å². The standard InChI is InChI=1S/C20H25FN4O3/c1-3-23(13-19(26)27)15-8-10-24(11-9-15)20(28)16-12-22-25(14(16)2)18-7-5-4-6-17(18)21/h4-7,12,15H,3,8-11,13H2,1-2H3,(H,26,27). The second-order valence-corrected chi connectivity index (χ2v) is 6.99. The number of aromatic nitrogens is 2. The van der Waals surface area contributed by atoms with Crippen LogP contribution in [0.1, 0.15) is 35.8 Å². The van der Waals surface area contributed by atoms with E-state index in [-0.39, 0.29) is 18.5 Å². The van der Waals surface area contributed by atoms with E-state index in [0.29, 0.717) is 36.6 Å². The lowest BCUT2D eigenvalue weighted by Gasteiger charge is -2.37. The first-order valence-corrected chi connectivity index (χ1v) is 9.47.